The van der Waals surface area contributed by atoms with Crippen molar-refractivity contribution >= 4 is 15.9 Å². The van der Waals surface area contributed by atoms with E-state index in [2.05, 4.69) is 22.0 Å². The molecular formula is C16H14BrFO2. The van der Waals surface area contributed by atoms with Crippen LogP contribution >= 0.6 is 15.9 Å². The summed E-state index contributed by atoms with van der Waals surface area (Å²) in [6.45, 7) is 0.725. The number of fused-ring (bicyclic) bond motifs is 1. The van der Waals surface area contributed by atoms with Gasteiger partial charge in [-0.25, -0.2) is 4.39 Å². The van der Waals surface area contributed by atoms with Crippen molar-refractivity contribution in [2.45, 2.75) is 11.2 Å². The van der Waals surface area contributed by atoms with Gasteiger partial charge in [-0.3, -0.25) is 0 Å². The van der Waals surface area contributed by atoms with Crippen molar-refractivity contribution in [3.05, 3.63) is 58.9 Å². The van der Waals surface area contributed by atoms with E-state index in [4.69, 9.17) is 9.47 Å². The predicted octanol–water partition coefficient (Wildman–Crippen LogP) is 4.25. The largest absolute Gasteiger partial charge is 0.497 e. The zero-order valence-electron chi connectivity index (χ0n) is 11.0. The van der Waals surface area contributed by atoms with Crippen molar-refractivity contribution in [2.24, 2.45) is 0 Å². The van der Waals surface area contributed by atoms with Crippen LogP contribution in [0.3, 0.4) is 0 Å². The number of benzene rings is 2. The Balaban J connectivity index is 1.94. The van der Waals surface area contributed by atoms with E-state index in [0.29, 0.717) is 11.3 Å². The molecule has 104 valence electrons. The van der Waals surface area contributed by atoms with Crippen molar-refractivity contribution in [1.82, 2.24) is 0 Å². The third-order valence-corrected chi connectivity index (χ3v) is 4.51. The van der Waals surface area contributed by atoms with Gasteiger partial charge in [0.1, 0.15) is 17.3 Å². The van der Waals surface area contributed by atoms with E-state index in [1.165, 1.54) is 18.7 Å². The minimum atomic E-state index is -0.275. The molecule has 1 unspecified atom stereocenters. The molecule has 3 rings (SSSR count). The van der Waals surface area contributed by atoms with Crippen LogP contribution in [-0.4, -0.2) is 13.7 Å². The third kappa shape index (κ3) is 2.40. The van der Waals surface area contributed by atoms with Gasteiger partial charge >= 0.3 is 0 Å². The first-order chi connectivity index (χ1) is 9.69. The van der Waals surface area contributed by atoms with Gasteiger partial charge in [0, 0.05) is 18.1 Å². The third-order valence-electron chi connectivity index (χ3n) is 3.49. The molecule has 0 bridgehead atoms. The van der Waals surface area contributed by atoms with E-state index in [-0.39, 0.29) is 10.6 Å². The Kier molecular flexibility index (Phi) is 3.66. The summed E-state index contributed by atoms with van der Waals surface area (Å²) in [5, 5.41) is 0. The van der Waals surface area contributed by atoms with E-state index in [9.17, 15) is 4.39 Å². The minimum absolute atomic E-state index is 0.181. The molecular weight excluding hydrogens is 323 g/mol. The van der Waals surface area contributed by atoms with Crippen LogP contribution < -0.4 is 9.47 Å². The fraction of sp³-hybridized carbons (Fsp3) is 0.250. The van der Waals surface area contributed by atoms with E-state index in [1.807, 2.05) is 12.1 Å². The fourth-order valence-corrected chi connectivity index (χ4v) is 3.04. The first-order valence-corrected chi connectivity index (χ1v) is 7.34. The van der Waals surface area contributed by atoms with E-state index < -0.39 is 0 Å². The smallest absolute Gasteiger partial charge is 0.131 e. The zero-order valence-corrected chi connectivity index (χ0v) is 12.6. The summed E-state index contributed by atoms with van der Waals surface area (Å²) < 4.78 is 24.6. The van der Waals surface area contributed by atoms with Crippen molar-refractivity contribution in [2.75, 3.05) is 13.7 Å². The molecule has 2 aromatic rings. The molecule has 1 aliphatic heterocycles. The summed E-state index contributed by atoms with van der Waals surface area (Å²) >= 11 is 3.58. The highest BCUT2D eigenvalue weighted by molar-refractivity contribution is 9.09. The normalized spacial score (nSPS) is 14.6. The highest BCUT2D eigenvalue weighted by atomic mass is 79.9. The standard InChI is InChI=1S/C16H14BrFO2/c1-19-12-3-4-13(14(18)9-12)16(17)11-2-5-15-10(8-11)6-7-20-15/h2-5,8-9,16H,6-7H2,1H3. The molecule has 1 heterocycles. The summed E-state index contributed by atoms with van der Waals surface area (Å²) in [6, 6.07) is 10.9. The number of hydrogen-bond donors (Lipinski definition) is 0. The Bertz CT molecular complexity index is 642. The van der Waals surface area contributed by atoms with Crippen molar-refractivity contribution < 1.29 is 13.9 Å². The first-order valence-electron chi connectivity index (χ1n) is 6.42. The summed E-state index contributed by atoms with van der Waals surface area (Å²) in [4.78, 5) is -0.181. The van der Waals surface area contributed by atoms with Crippen molar-refractivity contribution in [3.63, 3.8) is 0 Å². The molecule has 0 fully saturated rings. The predicted molar refractivity (Wildman–Crippen MR) is 79.4 cm³/mol. The fourth-order valence-electron chi connectivity index (χ4n) is 2.38. The molecule has 0 saturated carbocycles. The maximum atomic E-state index is 14.1. The quantitative estimate of drug-likeness (QED) is 0.780. The Morgan fingerprint density at radius 1 is 1.25 bits per heavy atom. The summed E-state index contributed by atoms with van der Waals surface area (Å²) in [6.07, 6.45) is 0.911. The van der Waals surface area contributed by atoms with E-state index >= 15 is 0 Å². The average Bonchev–Trinajstić information content (AvgIpc) is 2.93. The number of alkyl halides is 1. The summed E-state index contributed by atoms with van der Waals surface area (Å²) in [5.74, 6) is 1.18. The molecule has 0 N–H and O–H groups in total. The van der Waals surface area contributed by atoms with Gasteiger partial charge < -0.3 is 9.47 Å². The van der Waals surface area contributed by atoms with Crippen LogP contribution in [0.5, 0.6) is 11.5 Å². The molecule has 0 aromatic heterocycles. The average molecular weight is 337 g/mol. The maximum absolute atomic E-state index is 14.1. The molecule has 20 heavy (non-hydrogen) atoms. The number of ether oxygens (including phenoxy) is 2. The maximum Gasteiger partial charge on any atom is 0.131 e. The van der Waals surface area contributed by atoms with Crippen LogP contribution in [0.15, 0.2) is 36.4 Å². The Hall–Kier alpha value is -1.55. The van der Waals surface area contributed by atoms with Gasteiger partial charge in [0.25, 0.3) is 0 Å². The number of hydrogen-bond acceptors (Lipinski definition) is 2. The molecule has 0 spiro atoms. The lowest BCUT2D eigenvalue weighted by molar-refractivity contribution is 0.357. The van der Waals surface area contributed by atoms with Gasteiger partial charge in [0.05, 0.1) is 18.5 Å². The Morgan fingerprint density at radius 3 is 2.85 bits per heavy atom. The van der Waals surface area contributed by atoms with Crippen LogP contribution in [-0.2, 0) is 6.42 Å². The second-order valence-corrected chi connectivity index (χ2v) is 5.63. The zero-order chi connectivity index (χ0) is 14.1. The second-order valence-electron chi connectivity index (χ2n) is 4.72. The molecule has 4 heteroatoms. The first kappa shape index (κ1) is 13.4. The molecule has 0 saturated heterocycles. The molecule has 0 aliphatic carbocycles. The van der Waals surface area contributed by atoms with Crippen LogP contribution in [0.2, 0.25) is 0 Å². The van der Waals surface area contributed by atoms with Crippen LogP contribution in [0.4, 0.5) is 4.39 Å². The van der Waals surface area contributed by atoms with Gasteiger partial charge in [0.2, 0.25) is 0 Å². The lowest BCUT2D eigenvalue weighted by Crippen LogP contribution is -1.98. The van der Waals surface area contributed by atoms with Gasteiger partial charge in [-0.15, -0.1) is 0 Å². The lowest BCUT2D eigenvalue weighted by atomic mass is 10.0. The number of methoxy groups -OCH3 is 1. The molecule has 1 atom stereocenters. The SMILES string of the molecule is COc1ccc(C(Br)c2ccc3c(c2)CCO3)c(F)c1. The van der Waals surface area contributed by atoms with Gasteiger partial charge in [-0.1, -0.05) is 34.1 Å². The van der Waals surface area contributed by atoms with Gasteiger partial charge in [-0.2, -0.15) is 0 Å². The van der Waals surface area contributed by atoms with Crippen molar-refractivity contribution in [3.8, 4) is 11.5 Å². The van der Waals surface area contributed by atoms with Crippen LogP contribution in [0, 0.1) is 5.82 Å². The van der Waals surface area contributed by atoms with Gasteiger partial charge in [0.15, 0.2) is 0 Å². The van der Waals surface area contributed by atoms with Crippen molar-refractivity contribution in [1.29, 1.82) is 0 Å². The van der Waals surface area contributed by atoms with Gasteiger partial charge in [-0.05, 0) is 23.3 Å². The number of halogens is 2. The highest BCUT2D eigenvalue weighted by Crippen LogP contribution is 2.36. The highest BCUT2D eigenvalue weighted by Gasteiger charge is 2.19. The molecule has 0 amide bonds. The molecule has 1 aliphatic rings. The lowest BCUT2D eigenvalue weighted by Gasteiger charge is -2.13. The Labute approximate surface area is 125 Å². The topological polar surface area (TPSA) is 18.5 Å². The van der Waals surface area contributed by atoms with E-state index in [0.717, 1.165) is 24.3 Å². The molecule has 2 aromatic carbocycles. The number of rotatable bonds is 3. The monoisotopic (exact) mass is 336 g/mol. The van der Waals surface area contributed by atoms with Crippen LogP contribution in [0.25, 0.3) is 0 Å². The van der Waals surface area contributed by atoms with E-state index in [1.54, 1.807) is 12.1 Å². The van der Waals surface area contributed by atoms with Crippen LogP contribution in [0.1, 0.15) is 21.5 Å². The molecule has 0 radical (unpaired) electrons. The summed E-state index contributed by atoms with van der Waals surface area (Å²) in [5.41, 5.74) is 2.81. The minimum Gasteiger partial charge on any atom is -0.497 e. The summed E-state index contributed by atoms with van der Waals surface area (Å²) in [7, 11) is 1.53. The second kappa shape index (κ2) is 5.44. The molecule has 2 nitrogen and oxygen atoms in total. The Morgan fingerprint density at radius 2 is 2.10 bits per heavy atom.